The van der Waals surface area contributed by atoms with Crippen LogP contribution in [0.1, 0.15) is 0 Å². The highest BCUT2D eigenvalue weighted by Crippen LogP contribution is 2.29. The molecule has 2 aromatic rings. The van der Waals surface area contributed by atoms with E-state index in [1.165, 1.54) is 0 Å². The molecule has 0 spiro atoms. The quantitative estimate of drug-likeness (QED) is 0.756. The van der Waals surface area contributed by atoms with E-state index in [0.29, 0.717) is 0 Å². The Kier molecular flexibility index (Phi) is 3.33. The summed E-state index contributed by atoms with van der Waals surface area (Å²) in [4.78, 5) is 0. The molecule has 0 aliphatic heterocycles. The third-order valence-electron chi connectivity index (χ3n) is 2.40. The molecule has 0 unspecified atom stereocenters. The van der Waals surface area contributed by atoms with Crippen LogP contribution >= 0.6 is 8.46 Å². The van der Waals surface area contributed by atoms with Gasteiger partial charge in [-0.15, -0.1) is 0 Å². The van der Waals surface area contributed by atoms with E-state index in [9.17, 15) is 4.57 Å². The number of para-hydroxylation sites is 1. The third kappa shape index (κ3) is 1.98. The zero-order chi connectivity index (χ0) is 11.4. The normalized spacial score (nSPS) is 10.3. The second-order valence-electron chi connectivity index (χ2n) is 3.31. The van der Waals surface area contributed by atoms with Gasteiger partial charge in [0.05, 0.1) is 12.4 Å². The molecule has 0 amide bonds. The Morgan fingerprint density at radius 3 is 2.25 bits per heavy atom. The van der Waals surface area contributed by atoms with Crippen LogP contribution in [0, 0.1) is 0 Å². The van der Waals surface area contributed by atoms with Crippen molar-refractivity contribution in [1.29, 1.82) is 0 Å². The van der Waals surface area contributed by atoms with Crippen molar-refractivity contribution >= 4 is 13.8 Å². The van der Waals surface area contributed by atoms with E-state index in [2.05, 4.69) is 0 Å². The highest BCUT2D eigenvalue weighted by atomic mass is 31.1. The zero-order valence-electron chi connectivity index (χ0n) is 8.88. The van der Waals surface area contributed by atoms with Gasteiger partial charge in [-0.25, -0.2) is 0 Å². The first-order chi connectivity index (χ1) is 7.86. The summed E-state index contributed by atoms with van der Waals surface area (Å²) in [5.41, 5.74) is 1.90. The predicted octanol–water partition coefficient (Wildman–Crippen LogP) is 3.28. The minimum atomic E-state index is 0.0253. The van der Waals surface area contributed by atoms with Crippen molar-refractivity contribution in [1.82, 2.24) is 0 Å². The van der Waals surface area contributed by atoms with Gasteiger partial charge < -0.3 is 4.74 Å². The van der Waals surface area contributed by atoms with Gasteiger partial charge >= 0.3 is 0 Å². The Morgan fingerprint density at radius 1 is 0.938 bits per heavy atom. The first kappa shape index (κ1) is 10.8. The topological polar surface area (TPSA) is 26.3 Å². The second kappa shape index (κ2) is 4.91. The van der Waals surface area contributed by atoms with E-state index >= 15 is 0 Å². The maximum absolute atomic E-state index is 11.1. The number of ether oxygens (including phenoxy) is 1. The molecule has 0 saturated carbocycles. The summed E-state index contributed by atoms with van der Waals surface area (Å²) >= 11 is 0. The van der Waals surface area contributed by atoms with E-state index in [-0.39, 0.29) is 8.46 Å². The first-order valence-electron chi connectivity index (χ1n) is 4.92. The van der Waals surface area contributed by atoms with Gasteiger partial charge in [0, 0.05) is 11.1 Å². The maximum Gasteiger partial charge on any atom is 0.192 e. The molecule has 0 atom stereocenters. The summed E-state index contributed by atoms with van der Waals surface area (Å²) in [5.74, 6) is 0.790. The minimum Gasteiger partial charge on any atom is -0.496 e. The van der Waals surface area contributed by atoms with Crippen LogP contribution < -0.4 is 10.0 Å². The summed E-state index contributed by atoms with van der Waals surface area (Å²) in [6.07, 6.45) is 0. The highest BCUT2D eigenvalue weighted by molar-refractivity contribution is 7.34. The molecule has 80 valence electrons. The van der Waals surface area contributed by atoms with Gasteiger partial charge in [0.25, 0.3) is 0 Å². The third-order valence-corrected chi connectivity index (χ3v) is 2.99. The largest absolute Gasteiger partial charge is 0.496 e. The van der Waals surface area contributed by atoms with Crippen molar-refractivity contribution in [2.45, 2.75) is 0 Å². The van der Waals surface area contributed by atoms with Gasteiger partial charge in [-0.2, -0.15) is 0 Å². The number of hydrogen-bond acceptors (Lipinski definition) is 2. The van der Waals surface area contributed by atoms with Crippen molar-refractivity contribution in [3.05, 3.63) is 48.5 Å². The molecule has 2 aromatic carbocycles. The van der Waals surface area contributed by atoms with E-state index in [4.69, 9.17) is 4.74 Å². The standard InChI is InChI=1S/C13H11O2P/c1-15-12-8-4-2-6-10(12)11-7-3-5-9-13(11)16-14/h2-9H,1H3. The SMILES string of the molecule is COc1ccccc1-c1ccccc1P=O. The van der Waals surface area contributed by atoms with Crippen LogP contribution in [0.4, 0.5) is 0 Å². The zero-order valence-corrected chi connectivity index (χ0v) is 9.78. The lowest BCUT2D eigenvalue weighted by molar-refractivity contribution is 0.416. The summed E-state index contributed by atoms with van der Waals surface area (Å²) in [5, 5.41) is 0.770. The number of rotatable bonds is 3. The Labute approximate surface area is 96.1 Å². The molecule has 0 radical (unpaired) electrons. The molecule has 3 heteroatoms. The Hall–Kier alpha value is -1.66. The minimum absolute atomic E-state index is 0.0253. The lowest BCUT2D eigenvalue weighted by atomic mass is 10.0. The van der Waals surface area contributed by atoms with Gasteiger partial charge in [-0.3, -0.25) is 4.57 Å². The number of hydrogen-bond donors (Lipinski definition) is 0. The summed E-state index contributed by atoms with van der Waals surface area (Å²) in [6, 6.07) is 15.3. The van der Waals surface area contributed by atoms with Crippen LogP contribution in [0.3, 0.4) is 0 Å². The fourth-order valence-corrected chi connectivity index (χ4v) is 2.09. The Morgan fingerprint density at radius 2 is 1.56 bits per heavy atom. The summed E-state index contributed by atoms with van der Waals surface area (Å²) < 4.78 is 16.4. The lowest BCUT2D eigenvalue weighted by Gasteiger charge is -2.09. The highest BCUT2D eigenvalue weighted by Gasteiger charge is 2.08. The smallest absolute Gasteiger partial charge is 0.192 e. The Balaban J connectivity index is 2.62. The molecule has 0 aliphatic rings. The molecule has 0 aliphatic carbocycles. The molecule has 0 heterocycles. The maximum atomic E-state index is 11.1. The molecule has 0 aromatic heterocycles. The van der Waals surface area contributed by atoms with Crippen molar-refractivity contribution < 1.29 is 9.30 Å². The van der Waals surface area contributed by atoms with Crippen molar-refractivity contribution in [3.63, 3.8) is 0 Å². The van der Waals surface area contributed by atoms with Crippen LogP contribution in [0.5, 0.6) is 5.75 Å². The average Bonchev–Trinajstić information content (AvgIpc) is 2.38. The van der Waals surface area contributed by atoms with Crippen molar-refractivity contribution in [2.24, 2.45) is 0 Å². The number of benzene rings is 2. The fourth-order valence-electron chi connectivity index (χ4n) is 1.65. The van der Waals surface area contributed by atoms with Gasteiger partial charge in [0.1, 0.15) is 5.75 Å². The Bertz CT molecular complexity index is 509. The van der Waals surface area contributed by atoms with Crippen LogP contribution in [0.15, 0.2) is 48.5 Å². The fraction of sp³-hybridized carbons (Fsp3) is 0.0769. The van der Waals surface area contributed by atoms with Gasteiger partial charge in [0.2, 0.25) is 0 Å². The molecule has 0 saturated heterocycles. The van der Waals surface area contributed by atoms with Crippen LogP contribution in [-0.2, 0) is 4.57 Å². The van der Waals surface area contributed by atoms with E-state index in [1.54, 1.807) is 7.11 Å². The molecule has 0 N–H and O–H groups in total. The second-order valence-corrected chi connectivity index (χ2v) is 3.97. The van der Waals surface area contributed by atoms with E-state index < -0.39 is 0 Å². The molecule has 0 fully saturated rings. The van der Waals surface area contributed by atoms with Crippen LogP contribution in [0.2, 0.25) is 0 Å². The van der Waals surface area contributed by atoms with Crippen molar-refractivity contribution in [2.75, 3.05) is 7.11 Å². The van der Waals surface area contributed by atoms with E-state index in [1.807, 2.05) is 48.5 Å². The van der Waals surface area contributed by atoms with Gasteiger partial charge in [0.15, 0.2) is 8.46 Å². The van der Waals surface area contributed by atoms with Gasteiger partial charge in [-0.1, -0.05) is 36.4 Å². The molecule has 16 heavy (non-hydrogen) atoms. The van der Waals surface area contributed by atoms with Crippen molar-refractivity contribution in [3.8, 4) is 16.9 Å². The first-order valence-corrected chi connectivity index (χ1v) is 5.74. The van der Waals surface area contributed by atoms with Crippen LogP contribution in [0.25, 0.3) is 11.1 Å². The van der Waals surface area contributed by atoms with E-state index in [0.717, 1.165) is 22.2 Å². The molecular weight excluding hydrogens is 219 g/mol. The molecular formula is C13H11O2P. The lowest BCUT2D eigenvalue weighted by Crippen LogP contribution is -1.98. The molecule has 0 bridgehead atoms. The summed E-state index contributed by atoms with van der Waals surface area (Å²) in [7, 11) is 1.66. The summed E-state index contributed by atoms with van der Waals surface area (Å²) in [6.45, 7) is 0. The van der Waals surface area contributed by atoms with Crippen LogP contribution in [-0.4, -0.2) is 7.11 Å². The average molecular weight is 230 g/mol. The molecule has 2 rings (SSSR count). The monoisotopic (exact) mass is 230 g/mol. The van der Waals surface area contributed by atoms with Gasteiger partial charge in [-0.05, 0) is 12.1 Å². The predicted molar refractivity (Wildman–Crippen MR) is 65.7 cm³/mol. The molecule has 2 nitrogen and oxygen atoms in total. The number of methoxy groups -OCH3 is 1.